The van der Waals surface area contributed by atoms with E-state index in [-0.39, 0.29) is 56.1 Å². The zero-order valence-electron chi connectivity index (χ0n) is 40.7. The Morgan fingerprint density at radius 2 is 1.35 bits per heavy atom. The Bertz CT molecular complexity index is 2050. The van der Waals surface area contributed by atoms with E-state index in [1.54, 1.807) is 77.1 Å². The number of hydrogen-bond donors (Lipinski definition) is 9. The molecule has 2 aromatic carbocycles. The standard InChI is InChI=1S/C48H73N6O14P/c1-29(2)24-37(44(59)52-36(43(49)58)26-32-16-12-9-13-17-32)50-40(55)23-22-39(68-69(63,64)65)35(25-31-14-10-8-11-15-31)51-46(61)42(30(3)4)54-45(60)38(53-47(62)67-48(5,6)7)27-33-18-20-34(21-19-33)66-28-41(56)57/h9,12-13,16-21,29-31,35-39,42H,8,10-11,14-15,22-28H2,1-7H3,(H2,49,58)(H,50,55)(H,51,61)(H,52,59)(H,53,62)(H,54,60)(H,56,57)(H2,63,64,65). The Morgan fingerprint density at radius 3 is 1.90 bits per heavy atom. The fourth-order valence-electron chi connectivity index (χ4n) is 8.00. The number of carbonyl (C=O) groups is 7. The maximum absolute atomic E-state index is 14.4. The van der Waals surface area contributed by atoms with Crippen LogP contribution in [0.3, 0.4) is 0 Å². The van der Waals surface area contributed by atoms with Crippen molar-refractivity contribution in [3.63, 3.8) is 0 Å². The molecule has 0 spiro atoms. The van der Waals surface area contributed by atoms with Crippen LogP contribution in [-0.2, 0) is 55.4 Å². The molecule has 0 aliphatic heterocycles. The van der Waals surface area contributed by atoms with Gasteiger partial charge in [-0.25, -0.2) is 14.2 Å². The van der Waals surface area contributed by atoms with Crippen LogP contribution in [0, 0.1) is 17.8 Å². The lowest BCUT2D eigenvalue weighted by Crippen LogP contribution is -2.58. The molecule has 0 radical (unpaired) electrons. The van der Waals surface area contributed by atoms with E-state index in [0.717, 1.165) is 37.7 Å². The molecule has 10 N–H and O–H groups in total. The Balaban J connectivity index is 1.87. The second-order valence-electron chi connectivity index (χ2n) is 19.4. The first kappa shape index (κ1) is 57.8. The first-order valence-electron chi connectivity index (χ1n) is 23.5. The van der Waals surface area contributed by atoms with Gasteiger partial charge in [0.15, 0.2) is 6.61 Å². The third-order valence-corrected chi connectivity index (χ3v) is 11.8. The number of amides is 6. The van der Waals surface area contributed by atoms with Gasteiger partial charge in [0.2, 0.25) is 29.5 Å². The number of aliphatic carboxylic acids is 1. The number of primary amides is 1. The van der Waals surface area contributed by atoms with Gasteiger partial charge >= 0.3 is 19.9 Å². The number of benzene rings is 2. The van der Waals surface area contributed by atoms with Crippen LogP contribution >= 0.6 is 7.82 Å². The van der Waals surface area contributed by atoms with Gasteiger partial charge < -0.3 is 56.7 Å². The highest BCUT2D eigenvalue weighted by Crippen LogP contribution is 2.41. The number of nitrogens with one attached hydrogen (secondary N) is 5. The molecule has 1 aliphatic rings. The second kappa shape index (κ2) is 27.6. The summed E-state index contributed by atoms with van der Waals surface area (Å²) in [4.78, 5) is 112. The molecule has 0 saturated heterocycles. The summed E-state index contributed by atoms with van der Waals surface area (Å²) in [5, 5.41) is 22.5. The minimum Gasteiger partial charge on any atom is -0.482 e. The third kappa shape index (κ3) is 22.6. The Labute approximate surface area is 404 Å². The summed E-state index contributed by atoms with van der Waals surface area (Å²) >= 11 is 0. The predicted octanol–water partition coefficient (Wildman–Crippen LogP) is 4.18. The molecule has 6 atom stereocenters. The lowest BCUT2D eigenvalue weighted by Gasteiger charge is -2.34. The molecule has 6 unspecified atom stereocenters. The van der Waals surface area contributed by atoms with E-state index in [4.69, 9.17) is 24.8 Å². The maximum atomic E-state index is 14.4. The van der Waals surface area contributed by atoms with Crippen molar-refractivity contribution in [1.82, 2.24) is 26.6 Å². The highest BCUT2D eigenvalue weighted by atomic mass is 31.2. The molecule has 6 amide bonds. The molecule has 384 valence electrons. The fourth-order valence-corrected chi connectivity index (χ4v) is 8.60. The smallest absolute Gasteiger partial charge is 0.469 e. The third-order valence-electron chi connectivity index (χ3n) is 11.3. The number of hydrogen-bond acceptors (Lipinski definition) is 11. The summed E-state index contributed by atoms with van der Waals surface area (Å²) in [6.45, 7) is 11.4. The summed E-state index contributed by atoms with van der Waals surface area (Å²) in [6, 6.07) is 9.35. The Kier molecular flexibility index (Phi) is 23.1. The van der Waals surface area contributed by atoms with Crippen molar-refractivity contribution in [2.45, 2.75) is 161 Å². The van der Waals surface area contributed by atoms with Crippen LogP contribution in [0.25, 0.3) is 0 Å². The number of carbonyl (C=O) groups excluding carboxylic acids is 6. The van der Waals surface area contributed by atoms with E-state index in [0.29, 0.717) is 5.56 Å². The number of phosphoric ester groups is 1. The van der Waals surface area contributed by atoms with Gasteiger partial charge in [-0.2, -0.15) is 0 Å². The highest BCUT2D eigenvalue weighted by molar-refractivity contribution is 7.46. The van der Waals surface area contributed by atoms with Gasteiger partial charge in [-0.3, -0.25) is 28.5 Å². The average molecular weight is 989 g/mol. The van der Waals surface area contributed by atoms with E-state index >= 15 is 0 Å². The number of rotatable bonds is 27. The summed E-state index contributed by atoms with van der Waals surface area (Å²) in [5.41, 5.74) is 6.02. The lowest BCUT2D eigenvalue weighted by molar-refractivity contribution is -0.139. The van der Waals surface area contributed by atoms with Gasteiger partial charge in [0.05, 0.1) is 12.1 Å². The number of ether oxygens (including phenoxy) is 2. The maximum Gasteiger partial charge on any atom is 0.469 e. The van der Waals surface area contributed by atoms with Crippen LogP contribution in [0.4, 0.5) is 4.79 Å². The van der Waals surface area contributed by atoms with Gasteiger partial charge in [0, 0.05) is 19.3 Å². The van der Waals surface area contributed by atoms with Crippen LogP contribution in [0.15, 0.2) is 54.6 Å². The quantitative estimate of drug-likeness (QED) is 0.0568. The first-order chi connectivity index (χ1) is 32.3. The molecule has 0 aromatic heterocycles. The van der Waals surface area contributed by atoms with Gasteiger partial charge in [0.25, 0.3) is 0 Å². The molecular weight excluding hydrogens is 916 g/mol. The minimum atomic E-state index is -5.25. The Hall–Kier alpha value is -5.56. The average Bonchev–Trinajstić information content (AvgIpc) is 3.25. The van der Waals surface area contributed by atoms with E-state index in [1.807, 2.05) is 13.8 Å². The zero-order chi connectivity index (χ0) is 51.5. The van der Waals surface area contributed by atoms with Crippen LogP contribution < -0.4 is 37.1 Å². The molecule has 1 fully saturated rings. The second-order valence-corrected chi connectivity index (χ2v) is 20.6. The number of nitrogens with two attached hydrogens (primary N) is 1. The van der Waals surface area contributed by atoms with Crippen molar-refractivity contribution in [3.05, 3.63) is 65.7 Å². The largest absolute Gasteiger partial charge is 0.482 e. The first-order valence-corrected chi connectivity index (χ1v) is 25.0. The van der Waals surface area contributed by atoms with Crippen LogP contribution in [0.1, 0.15) is 117 Å². The fraction of sp³-hybridized carbons (Fsp3) is 0.604. The van der Waals surface area contributed by atoms with Crippen molar-refractivity contribution in [2.75, 3.05) is 6.61 Å². The molecule has 69 heavy (non-hydrogen) atoms. The van der Waals surface area contributed by atoms with Crippen molar-refractivity contribution >= 4 is 49.4 Å². The van der Waals surface area contributed by atoms with Gasteiger partial charge in [0.1, 0.15) is 35.5 Å². The molecule has 2 aromatic rings. The molecule has 0 heterocycles. The highest BCUT2D eigenvalue weighted by Gasteiger charge is 2.37. The van der Waals surface area contributed by atoms with Gasteiger partial charge in [-0.15, -0.1) is 0 Å². The number of phosphoric acid groups is 1. The van der Waals surface area contributed by atoms with E-state index in [9.17, 15) is 47.9 Å². The number of carboxylic acid groups (broad SMARTS) is 1. The van der Waals surface area contributed by atoms with Gasteiger partial charge in [-0.1, -0.05) is 102 Å². The summed E-state index contributed by atoms with van der Waals surface area (Å²) < 4.78 is 28.5. The van der Waals surface area contributed by atoms with Gasteiger partial charge in [-0.05, 0) is 81.0 Å². The monoisotopic (exact) mass is 988 g/mol. The van der Waals surface area contributed by atoms with Crippen LogP contribution in [0.5, 0.6) is 5.75 Å². The number of alkyl carbamates (subject to hydrolysis) is 1. The van der Waals surface area contributed by atoms with Crippen LogP contribution in [-0.4, -0.2) is 105 Å². The zero-order valence-corrected chi connectivity index (χ0v) is 41.6. The molecular formula is C48H73N6O14P. The van der Waals surface area contributed by atoms with Crippen LogP contribution in [0.2, 0.25) is 0 Å². The predicted molar refractivity (Wildman–Crippen MR) is 255 cm³/mol. The number of carboxylic acids is 1. The van der Waals surface area contributed by atoms with E-state index < -0.39 is 104 Å². The molecule has 21 heteroatoms. The minimum absolute atomic E-state index is 0.0179. The lowest BCUT2D eigenvalue weighted by atomic mass is 9.83. The molecule has 0 bridgehead atoms. The summed E-state index contributed by atoms with van der Waals surface area (Å²) in [6.07, 6.45) is 1.76. The topological polar surface area (TPSA) is 311 Å². The Morgan fingerprint density at radius 1 is 0.754 bits per heavy atom. The van der Waals surface area contributed by atoms with Crippen molar-refractivity contribution in [3.8, 4) is 5.75 Å². The van der Waals surface area contributed by atoms with Crippen molar-refractivity contribution in [2.24, 2.45) is 23.5 Å². The summed E-state index contributed by atoms with van der Waals surface area (Å²) in [5.74, 6) is -5.08. The molecule has 1 saturated carbocycles. The van der Waals surface area contributed by atoms with Crippen molar-refractivity contribution < 1.29 is 67.0 Å². The van der Waals surface area contributed by atoms with E-state index in [2.05, 4.69) is 26.6 Å². The normalized spacial score (nSPS) is 15.9. The summed E-state index contributed by atoms with van der Waals surface area (Å²) in [7, 11) is -5.25. The van der Waals surface area contributed by atoms with E-state index in [1.165, 1.54) is 12.1 Å². The SMILES string of the molecule is CC(C)CC(NC(=O)CCC(OP(=O)(O)O)C(CC1CCCCC1)NC(=O)C(NC(=O)C(Cc1ccc(OCC(=O)O)cc1)NC(=O)OC(C)(C)C)C(C)C)C(=O)NC(Cc1ccccc1)C(N)=O. The molecule has 3 rings (SSSR count). The molecule has 1 aliphatic carbocycles. The molecule has 20 nitrogen and oxygen atoms in total. The van der Waals surface area contributed by atoms with Crippen molar-refractivity contribution in [1.29, 1.82) is 0 Å².